The molecule has 3 nitrogen and oxygen atoms in total. The van der Waals surface area contributed by atoms with Gasteiger partial charge >= 0.3 is 6.18 Å². The van der Waals surface area contributed by atoms with E-state index in [1.165, 1.54) is 0 Å². The highest BCUT2D eigenvalue weighted by atomic mass is 19.4. The summed E-state index contributed by atoms with van der Waals surface area (Å²) in [5.74, 6) is 4.04. The Balaban J connectivity index is 2.36. The third-order valence-electron chi connectivity index (χ3n) is 1.56. The van der Waals surface area contributed by atoms with E-state index in [0.717, 1.165) is 0 Å². The van der Waals surface area contributed by atoms with Crippen LogP contribution >= 0.6 is 0 Å². The van der Waals surface area contributed by atoms with E-state index in [1.54, 1.807) is 0 Å². The van der Waals surface area contributed by atoms with Crippen LogP contribution in [0.15, 0.2) is 0 Å². The number of hydrogen-bond donors (Lipinski definition) is 1. The molecule has 0 aromatic rings. The first-order valence-corrected chi connectivity index (χ1v) is 3.53. The predicted octanol–water partition coefficient (Wildman–Crippen LogP) is 0.661. The van der Waals surface area contributed by atoms with Crippen LogP contribution in [0, 0.1) is 5.92 Å². The molecule has 0 aliphatic heterocycles. The molecular formula is C6H9F3N2O. The van der Waals surface area contributed by atoms with Crippen LogP contribution in [0.5, 0.6) is 0 Å². The van der Waals surface area contributed by atoms with E-state index in [0.29, 0.717) is 12.8 Å². The molecule has 12 heavy (non-hydrogen) atoms. The third kappa shape index (κ3) is 2.69. The second kappa shape index (κ2) is 2.93. The van der Waals surface area contributed by atoms with Gasteiger partial charge in [-0.1, -0.05) is 0 Å². The lowest BCUT2D eigenvalue weighted by Gasteiger charge is -2.17. The molecule has 0 aromatic carbocycles. The van der Waals surface area contributed by atoms with Gasteiger partial charge in [-0.25, -0.2) is 5.84 Å². The lowest BCUT2D eigenvalue weighted by atomic mass is 10.4. The Labute approximate surface area is 67.3 Å². The van der Waals surface area contributed by atoms with E-state index in [1.807, 2.05) is 0 Å². The summed E-state index contributed by atoms with van der Waals surface area (Å²) in [6.07, 6.45) is -3.09. The van der Waals surface area contributed by atoms with Crippen molar-refractivity contribution in [3.8, 4) is 0 Å². The Morgan fingerprint density at radius 1 is 1.50 bits per heavy atom. The number of nitrogens with two attached hydrogens (primary N) is 1. The smallest absolute Gasteiger partial charge is 0.273 e. The quantitative estimate of drug-likeness (QED) is 0.387. The van der Waals surface area contributed by atoms with Crippen molar-refractivity contribution in [3.63, 3.8) is 0 Å². The molecule has 1 rings (SSSR count). The molecule has 1 aliphatic carbocycles. The average molecular weight is 182 g/mol. The molecule has 1 aliphatic rings. The zero-order valence-electron chi connectivity index (χ0n) is 6.27. The molecule has 0 saturated heterocycles. The summed E-state index contributed by atoms with van der Waals surface area (Å²) < 4.78 is 35.0. The molecule has 0 spiro atoms. The number of rotatable bonds is 2. The van der Waals surface area contributed by atoms with Gasteiger partial charge < -0.3 is 0 Å². The summed E-state index contributed by atoms with van der Waals surface area (Å²) in [5, 5.41) is 0.248. The monoisotopic (exact) mass is 182 g/mol. The second-order valence-corrected chi connectivity index (χ2v) is 2.86. The summed E-state index contributed by atoms with van der Waals surface area (Å²) in [6.45, 7) is -1.36. The van der Waals surface area contributed by atoms with Crippen molar-refractivity contribution >= 4 is 5.91 Å². The average Bonchev–Trinajstić information content (AvgIpc) is 2.62. The van der Waals surface area contributed by atoms with Crippen molar-refractivity contribution in [3.05, 3.63) is 0 Å². The molecular weight excluding hydrogens is 173 g/mol. The number of hydrogen-bond acceptors (Lipinski definition) is 2. The van der Waals surface area contributed by atoms with Gasteiger partial charge in [-0.3, -0.25) is 9.80 Å². The van der Waals surface area contributed by atoms with Gasteiger partial charge in [-0.05, 0) is 12.8 Å². The van der Waals surface area contributed by atoms with Crippen LogP contribution in [0.2, 0.25) is 0 Å². The zero-order chi connectivity index (χ0) is 9.35. The largest absolute Gasteiger partial charge is 0.407 e. The summed E-state index contributed by atoms with van der Waals surface area (Å²) >= 11 is 0. The zero-order valence-corrected chi connectivity index (χ0v) is 6.27. The minimum atomic E-state index is -4.40. The highest BCUT2D eigenvalue weighted by Gasteiger charge is 2.37. The van der Waals surface area contributed by atoms with E-state index in [2.05, 4.69) is 0 Å². The van der Waals surface area contributed by atoms with Gasteiger partial charge in [0, 0.05) is 5.92 Å². The molecule has 0 unspecified atom stereocenters. The van der Waals surface area contributed by atoms with Crippen LogP contribution in [0.4, 0.5) is 13.2 Å². The van der Waals surface area contributed by atoms with E-state index < -0.39 is 18.6 Å². The maximum atomic E-state index is 11.7. The van der Waals surface area contributed by atoms with Gasteiger partial charge in [-0.15, -0.1) is 0 Å². The lowest BCUT2D eigenvalue weighted by molar-refractivity contribution is -0.162. The topological polar surface area (TPSA) is 46.3 Å². The predicted molar refractivity (Wildman–Crippen MR) is 34.7 cm³/mol. The van der Waals surface area contributed by atoms with Crippen molar-refractivity contribution in [2.24, 2.45) is 11.8 Å². The number of carbonyl (C=O) groups is 1. The Hall–Kier alpha value is -0.780. The number of halogens is 3. The normalized spacial score (nSPS) is 17.7. The van der Waals surface area contributed by atoms with Crippen LogP contribution < -0.4 is 5.84 Å². The van der Waals surface area contributed by atoms with E-state index in [-0.39, 0.29) is 10.9 Å². The van der Waals surface area contributed by atoms with Gasteiger partial charge in [-0.2, -0.15) is 13.2 Å². The van der Waals surface area contributed by atoms with Gasteiger partial charge in [0.2, 0.25) is 5.91 Å². The van der Waals surface area contributed by atoms with Crippen molar-refractivity contribution in [2.45, 2.75) is 19.0 Å². The van der Waals surface area contributed by atoms with E-state index in [9.17, 15) is 18.0 Å². The van der Waals surface area contributed by atoms with Crippen LogP contribution in [0.3, 0.4) is 0 Å². The molecule has 1 amide bonds. The van der Waals surface area contributed by atoms with Gasteiger partial charge in [0.15, 0.2) is 0 Å². The Morgan fingerprint density at radius 2 is 2.00 bits per heavy atom. The first-order chi connectivity index (χ1) is 5.40. The summed E-state index contributed by atoms with van der Waals surface area (Å²) in [7, 11) is 0. The highest BCUT2D eigenvalue weighted by molar-refractivity contribution is 5.80. The second-order valence-electron chi connectivity index (χ2n) is 2.86. The van der Waals surface area contributed by atoms with Crippen LogP contribution in [0.1, 0.15) is 12.8 Å². The Kier molecular flexibility index (Phi) is 2.27. The fraction of sp³-hybridized carbons (Fsp3) is 0.833. The minimum Gasteiger partial charge on any atom is -0.273 e. The van der Waals surface area contributed by atoms with Gasteiger partial charge in [0.25, 0.3) is 0 Å². The summed E-state index contributed by atoms with van der Waals surface area (Å²) in [4.78, 5) is 10.9. The number of alkyl halides is 3. The molecule has 0 atom stereocenters. The minimum absolute atomic E-state index is 0.248. The molecule has 1 fully saturated rings. The van der Waals surface area contributed by atoms with Gasteiger partial charge in [0.05, 0.1) is 0 Å². The Morgan fingerprint density at radius 3 is 2.33 bits per heavy atom. The van der Waals surface area contributed by atoms with Crippen molar-refractivity contribution < 1.29 is 18.0 Å². The first kappa shape index (κ1) is 9.31. The summed E-state index contributed by atoms with van der Waals surface area (Å²) in [6, 6.07) is 0. The fourth-order valence-electron chi connectivity index (χ4n) is 0.836. The third-order valence-corrected chi connectivity index (χ3v) is 1.56. The molecule has 0 heterocycles. The fourth-order valence-corrected chi connectivity index (χ4v) is 0.836. The van der Waals surface area contributed by atoms with Gasteiger partial charge in [0.1, 0.15) is 6.54 Å². The number of amides is 1. The number of nitrogens with zero attached hydrogens (tertiary/aromatic N) is 1. The Bertz CT molecular complexity index is 188. The maximum Gasteiger partial charge on any atom is 0.407 e. The molecule has 1 saturated carbocycles. The van der Waals surface area contributed by atoms with Crippen LogP contribution in [0.25, 0.3) is 0 Å². The van der Waals surface area contributed by atoms with Crippen LogP contribution in [-0.4, -0.2) is 23.6 Å². The molecule has 0 radical (unpaired) electrons. The molecule has 70 valence electrons. The molecule has 0 aromatic heterocycles. The molecule has 0 bridgehead atoms. The first-order valence-electron chi connectivity index (χ1n) is 3.53. The van der Waals surface area contributed by atoms with Crippen molar-refractivity contribution in [1.82, 2.24) is 5.01 Å². The highest BCUT2D eigenvalue weighted by Crippen LogP contribution is 2.30. The maximum absolute atomic E-state index is 11.7. The SMILES string of the molecule is NN(CC(F)(F)F)C(=O)C1CC1. The van der Waals surface area contributed by atoms with Crippen molar-refractivity contribution in [1.29, 1.82) is 0 Å². The molecule has 6 heteroatoms. The number of carbonyl (C=O) groups excluding carboxylic acids is 1. The summed E-state index contributed by atoms with van der Waals surface area (Å²) in [5.41, 5.74) is 0. The van der Waals surface area contributed by atoms with Crippen LogP contribution in [-0.2, 0) is 4.79 Å². The lowest BCUT2D eigenvalue weighted by Crippen LogP contribution is -2.44. The van der Waals surface area contributed by atoms with E-state index in [4.69, 9.17) is 5.84 Å². The standard InChI is InChI=1S/C6H9F3N2O/c7-6(8,9)3-11(10)5(12)4-1-2-4/h4H,1-3,10H2. The molecule has 2 N–H and O–H groups in total. The van der Waals surface area contributed by atoms with Crippen molar-refractivity contribution in [2.75, 3.05) is 6.54 Å². The van der Waals surface area contributed by atoms with E-state index >= 15 is 0 Å². The number of hydrazine groups is 1.